The van der Waals surface area contributed by atoms with Gasteiger partial charge in [-0.2, -0.15) is 0 Å². The molecule has 2 aromatic carbocycles. The fraction of sp³-hybridized carbons (Fsp3) is 0.480. The molecule has 1 fully saturated rings. The molecule has 2 aromatic rings. The number of nitrogen functional groups attached to an aromatic ring is 1. The Morgan fingerprint density at radius 2 is 2.00 bits per heavy atom. The van der Waals surface area contributed by atoms with Crippen LogP contribution in [0.1, 0.15) is 25.3 Å². The van der Waals surface area contributed by atoms with E-state index < -0.39 is 0 Å². The molecule has 0 radical (unpaired) electrons. The van der Waals surface area contributed by atoms with E-state index in [-0.39, 0.29) is 6.17 Å². The largest absolute Gasteiger partial charge is 0.494 e. The molecule has 2 unspecified atom stereocenters. The van der Waals surface area contributed by atoms with E-state index in [2.05, 4.69) is 58.2 Å². The van der Waals surface area contributed by atoms with Crippen LogP contribution >= 0.6 is 0 Å². The second-order valence-electron chi connectivity index (χ2n) is 8.94. The summed E-state index contributed by atoms with van der Waals surface area (Å²) in [6.07, 6.45) is 2.29. The van der Waals surface area contributed by atoms with E-state index in [1.54, 1.807) is 7.11 Å². The molecular weight excluding hydrogens is 414 g/mol. The number of para-hydroxylation sites is 1. The molecule has 1 saturated heterocycles. The minimum absolute atomic E-state index is 0.157. The predicted octanol–water partition coefficient (Wildman–Crippen LogP) is 3.33. The van der Waals surface area contributed by atoms with Crippen molar-refractivity contribution in [3.8, 4) is 5.75 Å². The van der Waals surface area contributed by atoms with E-state index >= 15 is 0 Å². The number of nitrogens with two attached hydrogens (primary N) is 2. The van der Waals surface area contributed by atoms with Crippen LogP contribution in [0, 0.1) is 6.92 Å². The van der Waals surface area contributed by atoms with Crippen molar-refractivity contribution in [2.75, 3.05) is 62.2 Å². The number of likely N-dealkylation sites (tertiary alicyclic amines) is 1. The van der Waals surface area contributed by atoms with Gasteiger partial charge in [0.05, 0.1) is 24.2 Å². The zero-order chi connectivity index (χ0) is 24.1. The monoisotopic (exact) mass is 453 g/mol. The van der Waals surface area contributed by atoms with Gasteiger partial charge >= 0.3 is 0 Å². The van der Waals surface area contributed by atoms with Crippen molar-refractivity contribution in [1.29, 1.82) is 0 Å². The summed E-state index contributed by atoms with van der Waals surface area (Å²) < 4.78 is 5.64. The SMILES string of the molecule is COc1cc(N(C)CC2CCCN2C)c(N)cc1NC(N)=NC(C)N(C)c1ccccc1C. The quantitative estimate of drug-likeness (QED) is 0.321. The molecule has 0 amide bonds. The van der Waals surface area contributed by atoms with E-state index in [4.69, 9.17) is 16.2 Å². The number of nitrogens with one attached hydrogen (secondary N) is 1. The summed E-state index contributed by atoms with van der Waals surface area (Å²) in [6.45, 7) is 6.16. The van der Waals surface area contributed by atoms with Crippen molar-refractivity contribution in [2.24, 2.45) is 10.7 Å². The normalized spacial score (nSPS) is 17.6. The van der Waals surface area contributed by atoms with Gasteiger partial charge in [0.25, 0.3) is 0 Å². The number of benzene rings is 2. The minimum atomic E-state index is -0.157. The molecule has 1 heterocycles. The molecule has 1 aliphatic rings. The Kier molecular flexibility index (Phi) is 7.92. The average molecular weight is 454 g/mol. The summed E-state index contributed by atoms with van der Waals surface area (Å²) in [4.78, 5) is 11.3. The Bertz CT molecular complexity index is 977. The molecule has 180 valence electrons. The summed E-state index contributed by atoms with van der Waals surface area (Å²) in [5.74, 6) is 0.971. The van der Waals surface area contributed by atoms with E-state index in [1.165, 1.54) is 18.4 Å². The van der Waals surface area contributed by atoms with Crippen molar-refractivity contribution in [1.82, 2.24) is 4.90 Å². The van der Waals surface area contributed by atoms with E-state index in [0.717, 1.165) is 24.5 Å². The highest BCUT2D eigenvalue weighted by atomic mass is 16.5. The highest BCUT2D eigenvalue weighted by Gasteiger charge is 2.23. The van der Waals surface area contributed by atoms with Gasteiger partial charge in [0.1, 0.15) is 11.9 Å². The van der Waals surface area contributed by atoms with Crippen LogP contribution in [-0.4, -0.2) is 64.4 Å². The topological polar surface area (TPSA) is 95.4 Å². The maximum absolute atomic E-state index is 6.43. The van der Waals surface area contributed by atoms with Gasteiger partial charge < -0.3 is 36.2 Å². The molecule has 8 nitrogen and oxygen atoms in total. The standard InChI is InChI=1S/C25H39N7O/c1-17-10-7-8-12-22(17)32(5)18(2)28-25(27)29-21-14-20(26)23(15-24(21)33-6)31(4)16-19-11-9-13-30(19)3/h7-8,10,12,14-15,18-19H,9,11,13,16,26H2,1-6H3,(H3,27,28,29). The van der Waals surface area contributed by atoms with Crippen LogP contribution in [0.4, 0.5) is 22.7 Å². The molecule has 5 N–H and O–H groups in total. The van der Waals surface area contributed by atoms with E-state index in [0.29, 0.717) is 29.1 Å². The lowest BCUT2D eigenvalue weighted by molar-refractivity contribution is 0.314. The van der Waals surface area contributed by atoms with Gasteiger partial charge in [-0.1, -0.05) is 18.2 Å². The highest BCUT2D eigenvalue weighted by molar-refractivity contribution is 5.95. The maximum Gasteiger partial charge on any atom is 0.195 e. The van der Waals surface area contributed by atoms with Gasteiger partial charge in [-0.25, -0.2) is 4.99 Å². The third-order valence-corrected chi connectivity index (χ3v) is 6.56. The Labute approximate surface area is 198 Å². The number of rotatable bonds is 8. The van der Waals surface area contributed by atoms with Gasteiger partial charge in [-0.15, -0.1) is 0 Å². The van der Waals surface area contributed by atoms with Crippen LogP contribution in [0.2, 0.25) is 0 Å². The number of ether oxygens (including phenoxy) is 1. The number of aliphatic imine (C=N–C) groups is 1. The van der Waals surface area contributed by atoms with Crippen LogP contribution in [0.15, 0.2) is 41.4 Å². The van der Waals surface area contributed by atoms with Crippen LogP contribution < -0.4 is 31.3 Å². The zero-order valence-electron chi connectivity index (χ0n) is 20.8. The number of hydrogen-bond donors (Lipinski definition) is 3. The molecule has 0 bridgehead atoms. The van der Waals surface area contributed by atoms with Crippen LogP contribution in [0.3, 0.4) is 0 Å². The van der Waals surface area contributed by atoms with Gasteiger partial charge in [0.15, 0.2) is 5.96 Å². The lowest BCUT2D eigenvalue weighted by Gasteiger charge is -2.29. The first-order chi connectivity index (χ1) is 15.7. The second kappa shape index (κ2) is 10.7. The van der Waals surface area contributed by atoms with Crippen molar-refractivity contribution < 1.29 is 4.74 Å². The first kappa shape index (κ1) is 24.5. The number of guanidine groups is 1. The van der Waals surface area contributed by atoms with Crippen LogP contribution in [0.5, 0.6) is 5.75 Å². The molecule has 2 atom stereocenters. The maximum atomic E-state index is 6.43. The molecule has 33 heavy (non-hydrogen) atoms. The lowest BCUT2D eigenvalue weighted by atomic mass is 10.1. The number of anilines is 4. The fourth-order valence-corrected chi connectivity index (χ4v) is 4.43. The summed E-state index contributed by atoms with van der Waals surface area (Å²) >= 11 is 0. The first-order valence-electron chi connectivity index (χ1n) is 11.5. The van der Waals surface area contributed by atoms with Gasteiger partial charge in [0.2, 0.25) is 0 Å². The smallest absolute Gasteiger partial charge is 0.195 e. The van der Waals surface area contributed by atoms with E-state index in [1.807, 2.05) is 38.2 Å². The van der Waals surface area contributed by atoms with Crippen LogP contribution in [0.25, 0.3) is 0 Å². The Balaban J connectivity index is 1.74. The minimum Gasteiger partial charge on any atom is -0.494 e. The van der Waals surface area contributed by atoms with Crippen molar-refractivity contribution in [3.63, 3.8) is 0 Å². The molecule has 0 saturated carbocycles. The Hall–Kier alpha value is -3.13. The van der Waals surface area contributed by atoms with Gasteiger partial charge in [0, 0.05) is 38.4 Å². The van der Waals surface area contributed by atoms with Gasteiger partial charge in [-0.3, -0.25) is 0 Å². The molecule has 3 rings (SSSR count). The summed E-state index contributed by atoms with van der Waals surface area (Å²) in [7, 11) is 7.91. The fourth-order valence-electron chi connectivity index (χ4n) is 4.43. The molecular formula is C25H39N7O. The Morgan fingerprint density at radius 3 is 2.64 bits per heavy atom. The molecule has 0 spiro atoms. The molecule has 0 aliphatic carbocycles. The third-order valence-electron chi connectivity index (χ3n) is 6.56. The average Bonchev–Trinajstić information content (AvgIpc) is 3.17. The zero-order valence-corrected chi connectivity index (χ0v) is 20.8. The molecule has 1 aliphatic heterocycles. The number of hydrogen-bond acceptors (Lipinski definition) is 6. The summed E-state index contributed by atoms with van der Waals surface area (Å²) in [5, 5.41) is 3.17. The molecule has 8 heteroatoms. The molecule has 0 aromatic heterocycles. The lowest BCUT2D eigenvalue weighted by Crippen LogP contribution is -2.37. The second-order valence-corrected chi connectivity index (χ2v) is 8.94. The predicted molar refractivity (Wildman–Crippen MR) is 141 cm³/mol. The number of likely N-dealkylation sites (N-methyl/N-ethyl adjacent to an activating group) is 2. The number of methoxy groups -OCH3 is 1. The van der Waals surface area contributed by atoms with Crippen molar-refractivity contribution in [2.45, 2.75) is 38.9 Å². The Morgan fingerprint density at radius 1 is 1.27 bits per heavy atom. The highest BCUT2D eigenvalue weighted by Crippen LogP contribution is 2.35. The first-order valence-corrected chi connectivity index (χ1v) is 11.5. The van der Waals surface area contributed by atoms with Crippen molar-refractivity contribution >= 4 is 28.7 Å². The van der Waals surface area contributed by atoms with E-state index in [9.17, 15) is 0 Å². The van der Waals surface area contributed by atoms with Crippen LogP contribution in [-0.2, 0) is 0 Å². The number of aryl methyl sites for hydroxylation is 1. The van der Waals surface area contributed by atoms with Gasteiger partial charge in [-0.05, 0) is 58.0 Å². The number of nitrogens with zero attached hydrogens (tertiary/aromatic N) is 4. The van der Waals surface area contributed by atoms with Crippen molar-refractivity contribution in [3.05, 3.63) is 42.0 Å². The third kappa shape index (κ3) is 5.82. The summed E-state index contributed by atoms with van der Waals surface area (Å²) in [5.41, 5.74) is 17.3. The summed E-state index contributed by atoms with van der Waals surface area (Å²) in [6, 6.07) is 12.6.